The van der Waals surface area contributed by atoms with Crippen molar-refractivity contribution in [2.24, 2.45) is 5.41 Å². The summed E-state index contributed by atoms with van der Waals surface area (Å²) in [5.41, 5.74) is 0.214. The molecule has 0 aromatic rings. The zero-order valence-corrected chi connectivity index (χ0v) is 12.0. The minimum atomic E-state index is -0.539. The van der Waals surface area contributed by atoms with E-state index < -0.39 is 6.10 Å². The molecule has 0 fully saturated rings. The van der Waals surface area contributed by atoms with Gasteiger partial charge in [-0.2, -0.15) is 0 Å². The summed E-state index contributed by atoms with van der Waals surface area (Å²) in [6.07, 6.45) is 10.1. The molecule has 0 aliphatic carbocycles. The quantitative estimate of drug-likeness (QED) is 0.541. The van der Waals surface area contributed by atoms with Crippen LogP contribution >= 0.6 is 0 Å². The van der Waals surface area contributed by atoms with Crippen molar-refractivity contribution in [3.8, 4) is 0 Å². The summed E-state index contributed by atoms with van der Waals surface area (Å²) in [6, 6.07) is 0. The number of aliphatic hydroxyl groups is 2. The van der Waals surface area contributed by atoms with Crippen molar-refractivity contribution in [3.63, 3.8) is 0 Å². The van der Waals surface area contributed by atoms with E-state index in [2.05, 4.69) is 20.8 Å². The Hall–Kier alpha value is -0.0800. The molecule has 0 saturated carbocycles. The number of hydrogen-bond donors (Lipinski definition) is 2. The number of hydrogen-bond acceptors (Lipinski definition) is 2. The van der Waals surface area contributed by atoms with Crippen LogP contribution in [0.4, 0.5) is 0 Å². The van der Waals surface area contributed by atoms with E-state index in [1.165, 1.54) is 51.4 Å². The maximum absolute atomic E-state index is 9.65. The Labute approximate surface area is 107 Å². The molecule has 104 valence electrons. The molecule has 2 heteroatoms. The standard InChI is InChI=1S/C15H32O2/c1-4-6-8-9-11-15(3,10-7-5-2)12-14(17)13-16/h14,16-17H,4-13H2,1-3H3. The maximum atomic E-state index is 9.65. The summed E-state index contributed by atoms with van der Waals surface area (Å²) in [4.78, 5) is 0. The monoisotopic (exact) mass is 244 g/mol. The van der Waals surface area contributed by atoms with E-state index in [-0.39, 0.29) is 12.0 Å². The number of rotatable bonds is 11. The van der Waals surface area contributed by atoms with Crippen LogP contribution < -0.4 is 0 Å². The average Bonchev–Trinajstić information content (AvgIpc) is 2.32. The zero-order valence-electron chi connectivity index (χ0n) is 12.0. The van der Waals surface area contributed by atoms with Crippen LogP contribution in [0.15, 0.2) is 0 Å². The molecule has 2 nitrogen and oxygen atoms in total. The fourth-order valence-electron chi connectivity index (χ4n) is 2.54. The molecule has 0 amide bonds. The molecule has 0 heterocycles. The van der Waals surface area contributed by atoms with Gasteiger partial charge in [0.2, 0.25) is 0 Å². The van der Waals surface area contributed by atoms with Crippen LogP contribution in [0.3, 0.4) is 0 Å². The SMILES string of the molecule is CCCCCCC(C)(CCCC)CC(O)CO. The Morgan fingerprint density at radius 3 is 2.06 bits per heavy atom. The average molecular weight is 244 g/mol. The van der Waals surface area contributed by atoms with Crippen LogP contribution in [0.1, 0.15) is 78.6 Å². The lowest BCUT2D eigenvalue weighted by Crippen LogP contribution is -2.26. The van der Waals surface area contributed by atoms with E-state index >= 15 is 0 Å². The topological polar surface area (TPSA) is 40.5 Å². The Morgan fingerprint density at radius 1 is 0.941 bits per heavy atom. The van der Waals surface area contributed by atoms with Crippen LogP contribution in [0.25, 0.3) is 0 Å². The predicted octanol–water partition coefficient (Wildman–Crippen LogP) is 3.90. The van der Waals surface area contributed by atoms with Gasteiger partial charge in [0, 0.05) is 0 Å². The molecule has 2 unspecified atom stereocenters. The first-order valence-electron chi connectivity index (χ1n) is 7.37. The second-order valence-corrected chi connectivity index (χ2v) is 5.77. The van der Waals surface area contributed by atoms with Crippen molar-refractivity contribution in [2.45, 2.75) is 84.7 Å². The molecular formula is C15H32O2. The highest BCUT2D eigenvalue weighted by atomic mass is 16.3. The van der Waals surface area contributed by atoms with Crippen LogP contribution in [-0.2, 0) is 0 Å². The lowest BCUT2D eigenvalue weighted by Gasteiger charge is -2.31. The summed E-state index contributed by atoms with van der Waals surface area (Å²) < 4.78 is 0. The Bertz CT molecular complexity index is 170. The normalized spacial score (nSPS) is 16.8. The molecule has 0 radical (unpaired) electrons. The highest BCUT2D eigenvalue weighted by Crippen LogP contribution is 2.35. The van der Waals surface area contributed by atoms with E-state index in [9.17, 15) is 5.11 Å². The van der Waals surface area contributed by atoms with E-state index in [4.69, 9.17) is 5.11 Å². The van der Waals surface area contributed by atoms with Crippen LogP contribution in [0.2, 0.25) is 0 Å². The van der Waals surface area contributed by atoms with Gasteiger partial charge in [0.15, 0.2) is 0 Å². The van der Waals surface area contributed by atoms with Gasteiger partial charge >= 0.3 is 0 Å². The van der Waals surface area contributed by atoms with Crippen molar-refractivity contribution in [1.82, 2.24) is 0 Å². The fourth-order valence-corrected chi connectivity index (χ4v) is 2.54. The summed E-state index contributed by atoms with van der Waals surface area (Å²) in [5.74, 6) is 0. The first kappa shape index (κ1) is 16.9. The highest BCUT2D eigenvalue weighted by Gasteiger charge is 2.26. The van der Waals surface area contributed by atoms with Gasteiger partial charge in [-0.25, -0.2) is 0 Å². The molecule has 0 aliphatic rings. The minimum absolute atomic E-state index is 0.101. The molecule has 0 spiro atoms. The largest absolute Gasteiger partial charge is 0.394 e. The molecule has 0 rings (SSSR count). The molecule has 2 N–H and O–H groups in total. The summed E-state index contributed by atoms with van der Waals surface area (Å²) >= 11 is 0. The van der Waals surface area contributed by atoms with Gasteiger partial charge in [-0.3, -0.25) is 0 Å². The first-order valence-corrected chi connectivity index (χ1v) is 7.37. The van der Waals surface area contributed by atoms with Crippen molar-refractivity contribution in [2.75, 3.05) is 6.61 Å². The molecule has 0 bridgehead atoms. The Balaban J connectivity index is 4.08. The first-order chi connectivity index (χ1) is 8.08. The summed E-state index contributed by atoms with van der Waals surface area (Å²) in [7, 11) is 0. The minimum Gasteiger partial charge on any atom is -0.394 e. The van der Waals surface area contributed by atoms with Gasteiger partial charge < -0.3 is 10.2 Å². The third kappa shape index (κ3) is 8.62. The van der Waals surface area contributed by atoms with E-state index in [0.717, 1.165) is 6.42 Å². The van der Waals surface area contributed by atoms with Crippen molar-refractivity contribution >= 4 is 0 Å². The molecule has 0 aromatic heterocycles. The van der Waals surface area contributed by atoms with Gasteiger partial charge in [0.25, 0.3) is 0 Å². The van der Waals surface area contributed by atoms with Crippen molar-refractivity contribution < 1.29 is 10.2 Å². The van der Waals surface area contributed by atoms with Gasteiger partial charge in [0.1, 0.15) is 0 Å². The van der Waals surface area contributed by atoms with Crippen LogP contribution in [0, 0.1) is 5.41 Å². The van der Waals surface area contributed by atoms with E-state index in [1.807, 2.05) is 0 Å². The van der Waals surface area contributed by atoms with Crippen LogP contribution in [-0.4, -0.2) is 22.9 Å². The number of unbranched alkanes of at least 4 members (excludes halogenated alkanes) is 4. The lowest BCUT2D eigenvalue weighted by molar-refractivity contribution is 0.0441. The third-order valence-corrected chi connectivity index (χ3v) is 3.71. The van der Waals surface area contributed by atoms with Crippen molar-refractivity contribution in [1.29, 1.82) is 0 Å². The van der Waals surface area contributed by atoms with E-state index in [1.54, 1.807) is 0 Å². The zero-order chi connectivity index (χ0) is 13.1. The molecule has 17 heavy (non-hydrogen) atoms. The molecule has 0 aromatic carbocycles. The second kappa shape index (κ2) is 9.90. The fraction of sp³-hybridized carbons (Fsp3) is 1.00. The molecule has 0 saturated heterocycles. The third-order valence-electron chi connectivity index (χ3n) is 3.71. The summed E-state index contributed by atoms with van der Waals surface area (Å²) in [6.45, 7) is 6.61. The number of aliphatic hydroxyl groups excluding tert-OH is 2. The van der Waals surface area contributed by atoms with E-state index in [0.29, 0.717) is 0 Å². The highest BCUT2D eigenvalue weighted by molar-refractivity contribution is 4.77. The molecule has 2 atom stereocenters. The lowest BCUT2D eigenvalue weighted by atomic mass is 9.76. The van der Waals surface area contributed by atoms with Gasteiger partial charge in [-0.1, -0.05) is 59.3 Å². The predicted molar refractivity (Wildman–Crippen MR) is 74.1 cm³/mol. The van der Waals surface area contributed by atoms with Gasteiger partial charge in [-0.05, 0) is 24.7 Å². The maximum Gasteiger partial charge on any atom is 0.0776 e. The van der Waals surface area contributed by atoms with Crippen molar-refractivity contribution in [3.05, 3.63) is 0 Å². The van der Waals surface area contributed by atoms with Gasteiger partial charge in [-0.15, -0.1) is 0 Å². The Morgan fingerprint density at radius 2 is 1.53 bits per heavy atom. The summed E-state index contributed by atoms with van der Waals surface area (Å²) in [5, 5.41) is 18.6. The second-order valence-electron chi connectivity index (χ2n) is 5.77. The molecule has 0 aliphatic heterocycles. The molecular weight excluding hydrogens is 212 g/mol. The Kier molecular flexibility index (Phi) is 9.85. The van der Waals surface area contributed by atoms with Crippen LogP contribution in [0.5, 0.6) is 0 Å². The smallest absolute Gasteiger partial charge is 0.0776 e. The van der Waals surface area contributed by atoms with Gasteiger partial charge in [0.05, 0.1) is 12.7 Å².